The van der Waals surface area contributed by atoms with Crippen LogP contribution in [0.1, 0.15) is 42.4 Å². The van der Waals surface area contributed by atoms with E-state index in [0.717, 1.165) is 16.7 Å². The van der Waals surface area contributed by atoms with Gasteiger partial charge in [0.1, 0.15) is 5.75 Å². The van der Waals surface area contributed by atoms with E-state index in [2.05, 4.69) is 6.07 Å². The highest BCUT2D eigenvalue weighted by molar-refractivity contribution is 5.45. The molecule has 1 unspecified atom stereocenters. The summed E-state index contributed by atoms with van der Waals surface area (Å²) in [7, 11) is 0. The van der Waals surface area contributed by atoms with Crippen molar-refractivity contribution in [2.24, 2.45) is 0 Å². The van der Waals surface area contributed by atoms with E-state index in [9.17, 15) is 10.4 Å². The van der Waals surface area contributed by atoms with Gasteiger partial charge in [-0.1, -0.05) is 56.3 Å². The maximum Gasteiger partial charge on any atom is 0.119 e. The van der Waals surface area contributed by atoms with Crippen LogP contribution in [0.5, 0.6) is 5.75 Å². The van der Waals surface area contributed by atoms with Crippen LogP contribution in [0.3, 0.4) is 0 Å². The SMILES string of the molecule is CC(C)c1cc(C(C#N)c2ccccc2)ccc1O. The second-order valence-electron chi connectivity index (χ2n) is 4.95. The highest BCUT2D eigenvalue weighted by atomic mass is 16.3. The van der Waals surface area contributed by atoms with Crippen molar-refractivity contribution in [2.75, 3.05) is 0 Å². The van der Waals surface area contributed by atoms with Crippen LogP contribution in [0.2, 0.25) is 0 Å². The number of nitriles is 1. The topological polar surface area (TPSA) is 44.0 Å². The maximum absolute atomic E-state index is 9.85. The highest BCUT2D eigenvalue weighted by Gasteiger charge is 2.15. The van der Waals surface area contributed by atoms with Gasteiger partial charge < -0.3 is 5.11 Å². The molecule has 1 atom stereocenters. The van der Waals surface area contributed by atoms with Crippen LogP contribution in [0.25, 0.3) is 0 Å². The Morgan fingerprint density at radius 2 is 1.68 bits per heavy atom. The quantitative estimate of drug-likeness (QED) is 0.889. The Morgan fingerprint density at radius 1 is 1.00 bits per heavy atom. The van der Waals surface area contributed by atoms with Gasteiger partial charge in [-0.05, 0) is 28.7 Å². The van der Waals surface area contributed by atoms with Gasteiger partial charge >= 0.3 is 0 Å². The van der Waals surface area contributed by atoms with Crippen LogP contribution in [-0.2, 0) is 0 Å². The Labute approximate surface area is 114 Å². The third-order valence-electron chi connectivity index (χ3n) is 3.27. The number of phenols is 1. The van der Waals surface area contributed by atoms with E-state index in [-0.39, 0.29) is 11.8 Å². The van der Waals surface area contributed by atoms with E-state index >= 15 is 0 Å². The van der Waals surface area contributed by atoms with Crippen molar-refractivity contribution in [3.8, 4) is 11.8 Å². The number of phenolic OH excluding ortho intramolecular Hbond substituents is 1. The predicted molar refractivity (Wildman–Crippen MR) is 76.1 cm³/mol. The van der Waals surface area contributed by atoms with E-state index < -0.39 is 0 Å². The fourth-order valence-electron chi connectivity index (χ4n) is 2.20. The molecule has 0 aliphatic heterocycles. The van der Waals surface area contributed by atoms with E-state index in [1.807, 2.05) is 56.3 Å². The zero-order chi connectivity index (χ0) is 13.8. The van der Waals surface area contributed by atoms with Gasteiger partial charge in [-0.2, -0.15) is 5.26 Å². The van der Waals surface area contributed by atoms with Gasteiger partial charge in [0.15, 0.2) is 0 Å². The molecule has 1 N–H and O–H groups in total. The third-order valence-corrected chi connectivity index (χ3v) is 3.27. The molecule has 2 aromatic carbocycles. The van der Waals surface area contributed by atoms with Crippen molar-refractivity contribution in [3.05, 3.63) is 65.2 Å². The summed E-state index contributed by atoms with van der Waals surface area (Å²) in [5.41, 5.74) is 2.79. The molecule has 0 bridgehead atoms. The summed E-state index contributed by atoms with van der Waals surface area (Å²) < 4.78 is 0. The van der Waals surface area contributed by atoms with E-state index in [1.54, 1.807) is 6.07 Å². The lowest BCUT2D eigenvalue weighted by molar-refractivity contribution is 0.464. The fraction of sp³-hybridized carbons (Fsp3) is 0.235. The smallest absolute Gasteiger partial charge is 0.119 e. The number of rotatable bonds is 3. The van der Waals surface area contributed by atoms with Crippen LogP contribution in [0, 0.1) is 11.3 Å². The number of aromatic hydroxyl groups is 1. The molecule has 0 fully saturated rings. The molecule has 2 nitrogen and oxygen atoms in total. The molecule has 19 heavy (non-hydrogen) atoms. The average Bonchev–Trinajstić information content (AvgIpc) is 2.42. The Hall–Kier alpha value is -2.27. The predicted octanol–water partition coefficient (Wildman–Crippen LogP) is 4.17. The highest BCUT2D eigenvalue weighted by Crippen LogP contribution is 2.31. The fourth-order valence-corrected chi connectivity index (χ4v) is 2.20. The molecular formula is C17H17NO. The van der Waals surface area contributed by atoms with Crippen LogP contribution in [0.15, 0.2) is 48.5 Å². The first kappa shape index (κ1) is 13.2. The maximum atomic E-state index is 9.85. The van der Waals surface area contributed by atoms with Crippen LogP contribution in [-0.4, -0.2) is 5.11 Å². The second-order valence-corrected chi connectivity index (χ2v) is 4.95. The van der Waals surface area contributed by atoms with Crippen molar-refractivity contribution in [2.45, 2.75) is 25.7 Å². The van der Waals surface area contributed by atoms with Gasteiger partial charge in [0.2, 0.25) is 0 Å². The lowest BCUT2D eigenvalue weighted by atomic mass is 9.89. The van der Waals surface area contributed by atoms with Gasteiger partial charge in [-0.15, -0.1) is 0 Å². The van der Waals surface area contributed by atoms with Crippen LogP contribution in [0.4, 0.5) is 0 Å². The zero-order valence-corrected chi connectivity index (χ0v) is 11.2. The molecule has 0 aliphatic carbocycles. The van der Waals surface area contributed by atoms with Crippen molar-refractivity contribution in [1.29, 1.82) is 5.26 Å². The van der Waals surface area contributed by atoms with Gasteiger partial charge in [0, 0.05) is 0 Å². The average molecular weight is 251 g/mol. The Kier molecular flexibility index (Phi) is 3.87. The molecule has 0 aromatic heterocycles. The molecule has 2 aromatic rings. The molecule has 0 saturated heterocycles. The summed E-state index contributed by atoms with van der Waals surface area (Å²) in [4.78, 5) is 0. The first-order valence-electron chi connectivity index (χ1n) is 6.41. The first-order valence-corrected chi connectivity index (χ1v) is 6.41. The van der Waals surface area contributed by atoms with Crippen molar-refractivity contribution in [3.63, 3.8) is 0 Å². The minimum atomic E-state index is -0.292. The lowest BCUT2D eigenvalue weighted by Crippen LogP contribution is -2.00. The normalized spacial score (nSPS) is 12.1. The molecule has 0 radical (unpaired) electrons. The van der Waals surface area contributed by atoms with E-state index in [4.69, 9.17) is 0 Å². The number of nitrogens with zero attached hydrogens (tertiary/aromatic N) is 1. The molecule has 0 saturated carbocycles. The minimum absolute atomic E-state index is 0.232. The summed E-state index contributed by atoms with van der Waals surface area (Å²) in [5, 5.41) is 19.3. The second kappa shape index (κ2) is 5.58. The van der Waals surface area contributed by atoms with Gasteiger partial charge in [-0.3, -0.25) is 0 Å². The molecule has 0 aliphatic rings. The van der Waals surface area contributed by atoms with Crippen molar-refractivity contribution in [1.82, 2.24) is 0 Å². The summed E-state index contributed by atoms with van der Waals surface area (Å²) in [6.07, 6.45) is 0. The Morgan fingerprint density at radius 3 is 2.26 bits per heavy atom. The van der Waals surface area contributed by atoms with E-state index in [1.165, 1.54) is 0 Å². The molecule has 0 amide bonds. The zero-order valence-electron chi connectivity index (χ0n) is 11.2. The minimum Gasteiger partial charge on any atom is -0.508 e. The standard InChI is InChI=1S/C17H17NO/c1-12(2)15-10-14(8-9-17(15)19)16(11-18)13-6-4-3-5-7-13/h3-10,12,16,19H,1-2H3. The summed E-state index contributed by atoms with van der Waals surface area (Å²) in [5.74, 6) is 0.234. The number of hydrogen-bond donors (Lipinski definition) is 1. The largest absolute Gasteiger partial charge is 0.508 e. The Bertz CT molecular complexity index is 596. The number of benzene rings is 2. The lowest BCUT2D eigenvalue weighted by Gasteiger charge is -2.14. The molecule has 0 spiro atoms. The van der Waals surface area contributed by atoms with Crippen molar-refractivity contribution >= 4 is 0 Å². The third kappa shape index (κ3) is 2.77. The van der Waals surface area contributed by atoms with Crippen LogP contribution < -0.4 is 0 Å². The van der Waals surface area contributed by atoms with Gasteiger partial charge in [0.25, 0.3) is 0 Å². The first-order chi connectivity index (χ1) is 9.13. The van der Waals surface area contributed by atoms with Crippen LogP contribution >= 0.6 is 0 Å². The Balaban J connectivity index is 2.46. The van der Waals surface area contributed by atoms with Gasteiger partial charge in [0.05, 0.1) is 12.0 Å². The molecule has 0 heterocycles. The number of hydrogen-bond acceptors (Lipinski definition) is 2. The van der Waals surface area contributed by atoms with Gasteiger partial charge in [-0.25, -0.2) is 0 Å². The van der Waals surface area contributed by atoms with Crippen molar-refractivity contribution < 1.29 is 5.11 Å². The summed E-state index contributed by atoms with van der Waals surface area (Å²) >= 11 is 0. The molecule has 2 rings (SSSR count). The molecular weight excluding hydrogens is 234 g/mol. The summed E-state index contributed by atoms with van der Waals surface area (Å²) in [6, 6.07) is 17.5. The molecule has 2 heteroatoms. The van der Waals surface area contributed by atoms with E-state index in [0.29, 0.717) is 5.75 Å². The monoisotopic (exact) mass is 251 g/mol. The summed E-state index contributed by atoms with van der Waals surface area (Å²) in [6.45, 7) is 4.06. The molecule has 96 valence electrons.